The molecule has 108 valence electrons. The second-order valence-corrected chi connectivity index (χ2v) is 6.23. The number of aliphatic carboxylic acids is 1. The molecule has 0 radical (unpaired) electrons. The number of carbonyl (C=O) groups is 1. The number of rotatable bonds is 5. The second kappa shape index (κ2) is 5.21. The van der Waals surface area contributed by atoms with Crippen LogP contribution in [-0.2, 0) is 11.3 Å². The van der Waals surface area contributed by atoms with E-state index in [1.165, 1.54) is 24.0 Å². The SMILES string of the molecule is CCC1(C(=O)O)CCCN1Cc1cccc(C2CC2)c1. The van der Waals surface area contributed by atoms with E-state index < -0.39 is 11.5 Å². The van der Waals surface area contributed by atoms with Crippen LogP contribution in [0.4, 0.5) is 0 Å². The first-order valence-electron chi connectivity index (χ1n) is 7.73. The Morgan fingerprint density at radius 2 is 2.25 bits per heavy atom. The van der Waals surface area contributed by atoms with Gasteiger partial charge in [0, 0.05) is 6.54 Å². The topological polar surface area (TPSA) is 40.5 Å². The van der Waals surface area contributed by atoms with Crippen LogP contribution in [0.5, 0.6) is 0 Å². The van der Waals surface area contributed by atoms with Crippen molar-refractivity contribution in [3.05, 3.63) is 35.4 Å². The molecule has 20 heavy (non-hydrogen) atoms. The highest BCUT2D eigenvalue weighted by molar-refractivity contribution is 5.79. The Balaban J connectivity index is 1.79. The molecule has 0 spiro atoms. The molecule has 3 rings (SSSR count). The molecule has 3 nitrogen and oxygen atoms in total. The highest BCUT2D eigenvalue weighted by atomic mass is 16.4. The second-order valence-electron chi connectivity index (χ2n) is 6.23. The first kappa shape index (κ1) is 13.6. The Bertz CT molecular complexity index is 509. The van der Waals surface area contributed by atoms with Crippen LogP contribution in [0.3, 0.4) is 0 Å². The van der Waals surface area contributed by atoms with Crippen molar-refractivity contribution >= 4 is 5.97 Å². The van der Waals surface area contributed by atoms with Crippen molar-refractivity contribution in [2.45, 2.75) is 57.0 Å². The lowest BCUT2D eigenvalue weighted by Crippen LogP contribution is -2.49. The maximum absolute atomic E-state index is 11.7. The van der Waals surface area contributed by atoms with E-state index in [0.29, 0.717) is 6.42 Å². The normalized spacial score (nSPS) is 26.9. The van der Waals surface area contributed by atoms with Gasteiger partial charge in [0.1, 0.15) is 5.54 Å². The minimum atomic E-state index is -0.657. The summed E-state index contributed by atoms with van der Waals surface area (Å²) in [5, 5.41) is 9.62. The molecule has 1 atom stereocenters. The highest BCUT2D eigenvalue weighted by Gasteiger charge is 2.45. The molecule has 0 amide bonds. The molecule has 1 saturated carbocycles. The summed E-state index contributed by atoms with van der Waals surface area (Å²) < 4.78 is 0. The van der Waals surface area contributed by atoms with E-state index in [1.54, 1.807) is 0 Å². The van der Waals surface area contributed by atoms with E-state index in [-0.39, 0.29) is 0 Å². The minimum absolute atomic E-state index is 0.643. The van der Waals surface area contributed by atoms with Crippen LogP contribution in [-0.4, -0.2) is 28.1 Å². The Morgan fingerprint density at radius 1 is 1.45 bits per heavy atom. The van der Waals surface area contributed by atoms with Crippen molar-refractivity contribution in [1.82, 2.24) is 4.90 Å². The third kappa shape index (κ3) is 2.35. The first-order chi connectivity index (χ1) is 9.65. The van der Waals surface area contributed by atoms with Crippen molar-refractivity contribution in [3.8, 4) is 0 Å². The Kier molecular flexibility index (Phi) is 3.55. The lowest BCUT2D eigenvalue weighted by atomic mass is 9.92. The van der Waals surface area contributed by atoms with Crippen LogP contribution >= 0.6 is 0 Å². The van der Waals surface area contributed by atoms with Gasteiger partial charge in [0.05, 0.1) is 0 Å². The van der Waals surface area contributed by atoms with Gasteiger partial charge in [-0.1, -0.05) is 31.2 Å². The molecular weight excluding hydrogens is 250 g/mol. The van der Waals surface area contributed by atoms with Gasteiger partial charge in [-0.3, -0.25) is 9.69 Å². The fourth-order valence-electron chi connectivity index (χ4n) is 3.54. The molecule has 1 heterocycles. The smallest absolute Gasteiger partial charge is 0.324 e. The summed E-state index contributed by atoms with van der Waals surface area (Å²) in [6, 6.07) is 8.73. The van der Waals surface area contributed by atoms with Crippen LogP contribution in [0.15, 0.2) is 24.3 Å². The number of carboxylic acids is 1. The maximum atomic E-state index is 11.7. The fraction of sp³-hybridized carbons (Fsp3) is 0.588. The van der Waals surface area contributed by atoms with Crippen LogP contribution in [0.25, 0.3) is 0 Å². The molecule has 0 aromatic heterocycles. The predicted octanol–water partition coefficient (Wildman–Crippen LogP) is 3.39. The number of hydrogen-bond acceptors (Lipinski definition) is 2. The fourth-order valence-corrected chi connectivity index (χ4v) is 3.54. The summed E-state index contributed by atoms with van der Waals surface area (Å²) in [5.41, 5.74) is 2.05. The third-order valence-corrected chi connectivity index (χ3v) is 4.98. The molecule has 0 bridgehead atoms. The zero-order valence-electron chi connectivity index (χ0n) is 12.1. The Hall–Kier alpha value is -1.35. The summed E-state index contributed by atoms with van der Waals surface area (Å²) in [4.78, 5) is 13.9. The van der Waals surface area contributed by atoms with Gasteiger partial charge >= 0.3 is 5.97 Å². The van der Waals surface area contributed by atoms with Crippen LogP contribution in [0.2, 0.25) is 0 Å². The van der Waals surface area contributed by atoms with Crippen molar-refractivity contribution in [1.29, 1.82) is 0 Å². The van der Waals surface area contributed by atoms with E-state index in [4.69, 9.17) is 0 Å². The molecule has 1 saturated heterocycles. The molecular formula is C17H23NO2. The molecule has 2 aliphatic rings. The Labute approximate surface area is 120 Å². The zero-order valence-corrected chi connectivity index (χ0v) is 12.1. The number of hydrogen-bond donors (Lipinski definition) is 1. The van der Waals surface area contributed by atoms with Crippen molar-refractivity contribution < 1.29 is 9.90 Å². The van der Waals surface area contributed by atoms with Gasteiger partial charge in [-0.15, -0.1) is 0 Å². The third-order valence-electron chi connectivity index (χ3n) is 4.98. The van der Waals surface area contributed by atoms with Gasteiger partial charge in [0.25, 0.3) is 0 Å². The summed E-state index contributed by atoms with van der Waals surface area (Å²) in [6.07, 6.45) is 5.07. The van der Waals surface area contributed by atoms with E-state index in [0.717, 1.165) is 31.8 Å². The first-order valence-corrected chi connectivity index (χ1v) is 7.73. The lowest BCUT2D eigenvalue weighted by molar-refractivity contribution is -0.150. The average molecular weight is 273 g/mol. The zero-order chi connectivity index (χ0) is 14.2. The molecule has 1 aliphatic heterocycles. The van der Waals surface area contributed by atoms with Crippen LogP contribution in [0, 0.1) is 0 Å². The van der Waals surface area contributed by atoms with Gasteiger partial charge in [-0.25, -0.2) is 0 Å². The number of benzene rings is 1. The molecule has 2 fully saturated rings. The van der Waals surface area contributed by atoms with Crippen molar-refractivity contribution in [3.63, 3.8) is 0 Å². The molecule has 1 unspecified atom stereocenters. The van der Waals surface area contributed by atoms with Crippen LogP contribution in [0.1, 0.15) is 56.1 Å². The quantitative estimate of drug-likeness (QED) is 0.894. The summed E-state index contributed by atoms with van der Waals surface area (Å²) >= 11 is 0. The van der Waals surface area contributed by atoms with E-state index >= 15 is 0 Å². The Morgan fingerprint density at radius 3 is 2.90 bits per heavy atom. The molecule has 1 aliphatic carbocycles. The van der Waals surface area contributed by atoms with Crippen molar-refractivity contribution in [2.24, 2.45) is 0 Å². The number of likely N-dealkylation sites (tertiary alicyclic amines) is 1. The largest absolute Gasteiger partial charge is 0.480 e. The van der Waals surface area contributed by atoms with Gasteiger partial charge in [-0.05, 0) is 55.7 Å². The average Bonchev–Trinajstić information content (AvgIpc) is 3.21. The van der Waals surface area contributed by atoms with E-state index in [1.807, 2.05) is 6.92 Å². The van der Waals surface area contributed by atoms with E-state index in [9.17, 15) is 9.90 Å². The molecule has 3 heteroatoms. The standard InChI is InChI=1S/C17H23NO2/c1-2-17(16(19)20)9-4-10-18(17)12-13-5-3-6-15(11-13)14-7-8-14/h3,5-6,11,14H,2,4,7-10,12H2,1H3,(H,19,20). The van der Waals surface area contributed by atoms with Crippen LogP contribution < -0.4 is 0 Å². The van der Waals surface area contributed by atoms with E-state index in [2.05, 4.69) is 29.2 Å². The summed E-state index contributed by atoms with van der Waals surface area (Å²) in [6.45, 7) is 3.65. The molecule has 1 N–H and O–H groups in total. The lowest BCUT2D eigenvalue weighted by Gasteiger charge is -2.34. The molecule has 1 aromatic carbocycles. The minimum Gasteiger partial charge on any atom is -0.480 e. The summed E-state index contributed by atoms with van der Waals surface area (Å²) in [5.74, 6) is 0.0970. The van der Waals surface area contributed by atoms with Gasteiger partial charge < -0.3 is 5.11 Å². The predicted molar refractivity (Wildman–Crippen MR) is 78.7 cm³/mol. The highest BCUT2D eigenvalue weighted by Crippen LogP contribution is 2.40. The summed E-state index contributed by atoms with van der Waals surface area (Å²) in [7, 11) is 0. The monoisotopic (exact) mass is 273 g/mol. The van der Waals surface area contributed by atoms with Gasteiger partial charge in [0.15, 0.2) is 0 Å². The van der Waals surface area contributed by atoms with Crippen molar-refractivity contribution in [2.75, 3.05) is 6.54 Å². The van der Waals surface area contributed by atoms with Gasteiger partial charge in [0.2, 0.25) is 0 Å². The molecule has 1 aromatic rings. The van der Waals surface area contributed by atoms with Gasteiger partial charge in [-0.2, -0.15) is 0 Å². The maximum Gasteiger partial charge on any atom is 0.324 e. The number of nitrogens with zero attached hydrogens (tertiary/aromatic N) is 1. The number of carboxylic acid groups (broad SMARTS) is 1.